The smallest absolute Gasteiger partial charge is 0.191 e. The minimum Gasteiger partial charge on any atom is -0.380 e. The second kappa shape index (κ2) is 9.96. The number of guanidine groups is 1. The fraction of sp³-hybridized carbons (Fsp3) is 0.941. The van der Waals surface area contributed by atoms with Gasteiger partial charge < -0.3 is 15.4 Å². The van der Waals surface area contributed by atoms with Crippen LogP contribution >= 0.6 is 24.0 Å². The van der Waals surface area contributed by atoms with E-state index in [4.69, 9.17) is 9.73 Å². The Bertz CT molecular complexity index is 337. The lowest BCUT2D eigenvalue weighted by atomic mass is 9.83. The molecule has 0 aromatic rings. The summed E-state index contributed by atoms with van der Waals surface area (Å²) < 4.78 is 5.30. The molecule has 1 aliphatic heterocycles. The van der Waals surface area contributed by atoms with E-state index in [9.17, 15) is 0 Å². The normalized spacial score (nSPS) is 27.5. The van der Waals surface area contributed by atoms with Gasteiger partial charge in [0.25, 0.3) is 0 Å². The molecule has 0 aromatic carbocycles. The van der Waals surface area contributed by atoms with Gasteiger partial charge in [0.1, 0.15) is 0 Å². The summed E-state index contributed by atoms with van der Waals surface area (Å²) in [5.41, 5.74) is 0.251. The van der Waals surface area contributed by atoms with Crippen molar-refractivity contribution in [1.82, 2.24) is 10.6 Å². The minimum absolute atomic E-state index is 0. The van der Waals surface area contributed by atoms with Gasteiger partial charge in [-0.2, -0.15) is 0 Å². The minimum atomic E-state index is 0. The molecule has 0 bridgehead atoms. The fourth-order valence-electron chi connectivity index (χ4n) is 3.33. The summed E-state index contributed by atoms with van der Waals surface area (Å²) >= 11 is 0. The summed E-state index contributed by atoms with van der Waals surface area (Å²) in [5, 5.41) is 7.02. The number of nitrogens with one attached hydrogen (secondary N) is 2. The second-order valence-corrected chi connectivity index (χ2v) is 7.15. The first-order chi connectivity index (χ1) is 10.1. The number of nitrogens with zero attached hydrogens (tertiary/aromatic N) is 1. The first kappa shape index (κ1) is 20.0. The third kappa shape index (κ3) is 6.22. The molecule has 1 saturated heterocycles. The van der Waals surface area contributed by atoms with Crippen molar-refractivity contribution in [3.63, 3.8) is 0 Å². The molecule has 4 nitrogen and oxygen atoms in total. The summed E-state index contributed by atoms with van der Waals surface area (Å²) in [6.45, 7) is 10.1. The van der Waals surface area contributed by atoms with Crippen molar-refractivity contribution in [3.8, 4) is 0 Å². The van der Waals surface area contributed by atoms with Gasteiger partial charge in [-0.05, 0) is 38.5 Å². The quantitative estimate of drug-likeness (QED) is 0.390. The lowest BCUT2D eigenvalue weighted by Gasteiger charge is -2.37. The Balaban J connectivity index is 0.00000242. The van der Waals surface area contributed by atoms with Gasteiger partial charge in [0.2, 0.25) is 0 Å². The summed E-state index contributed by atoms with van der Waals surface area (Å²) in [7, 11) is 0. The zero-order valence-corrected chi connectivity index (χ0v) is 16.8. The molecule has 0 radical (unpaired) electrons. The molecule has 0 atom stereocenters. The molecule has 1 heterocycles. The van der Waals surface area contributed by atoms with E-state index in [-0.39, 0.29) is 29.4 Å². The molecule has 0 spiro atoms. The van der Waals surface area contributed by atoms with E-state index in [1.54, 1.807) is 0 Å². The van der Waals surface area contributed by atoms with Gasteiger partial charge in [0, 0.05) is 18.0 Å². The number of hydrogen-bond donors (Lipinski definition) is 2. The molecule has 0 aromatic heterocycles. The van der Waals surface area contributed by atoms with Crippen molar-refractivity contribution in [2.45, 2.75) is 65.3 Å². The van der Waals surface area contributed by atoms with Gasteiger partial charge in [-0.25, -0.2) is 0 Å². The van der Waals surface area contributed by atoms with Gasteiger partial charge in [-0.1, -0.05) is 26.7 Å². The van der Waals surface area contributed by atoms with Crippen LogP contribution in [0.15, 0.2) is 4.99 Å². The highest BCUT2D eigenvalue weighted by Gasteiger charge is 2.33. The number of hydrogen-bond acceptors (Lipinski definition) is 2. The molecule has 5 heteroatoms. The third-order valence-electron chi connectivity index (χ3n) is 4.75. The highest BCUT2D eigenvalue weighted by Crippen LogP contribution is 2.28. The van der Waals surface area contributed by atoms with Crippen molar-refractivity contribution >= 4 is 29.9 Å². The van der Waals surface area contributed by atoms with E-state index in [0.29, 0.717) is 6.04 Å². The molecule has 2 rings (SSSR count). The Morgan fingerprint density at radius 1 is 1.18 bits per heavy atom. The lowest BCUT2D eigenvalue weighted by Crippen LogP contribution is -2.47. The summed E-state index contributed by atoms with van der Waals surface area (Å²) in [4.78, 5) is 4.77. The zero-order chi connectivity index (χ0) is 15.1. The molecule has 1 saturated carbocycles. The molecular formula is C17H34IN3O. The monoisotopic (exact) mass is 423 g/mol. The van der Waals surface area contributed by atoms with Crippen LogP contribution in [0.2, 0.25) is 0 Å². The van der Waals surface area contributed by atoms with E-state index >= 15 is 0 Å². The summed E-state index contributed by atoms with van der Waals surface area (Å²) in [6.07, 6.45) is 8.05. The van der Waals surface area contributed by atoms with Gasteiger partial charge in [0.15, 0.2) is 5.96 Å². The Morgan fingerprint density at radius 2 is 1.86 bits per heavy atom. The highest BCUT2D eigenvalue weighted by atomic mass is 127. The average Bonchev–Trinajstić information content (AvgIpc) is 2.45. The van der Waals surface area contributed by atoms with Gasteiger partial charge >= 0.3 is 0 Å². The number of halogens is 1. The van der Waals surface area contributed by atoms with Crippen LogP contribution in [0.1, 0.15) is 59.3 Å². The van der Waals surface area contributed by atoms with Crippen molar-refractivity contribution in [2.24, 2.45) is 16.3 Å². The van der Waals surface area contributed by atoms with Gasteiger partial charge in [-0.3, -0.25) is 4.99 Å². The molecule has 130 valence electrons. The zero-order valence-electron chi connectivity index (χ0n) is 14.5. The molecule has 2 N–H and O–H groups in total. The van der Waals surface area contributed by atoms with Crippen LogP contribution in [0.4, 0.5) is 0 Å². The van der Waals surface area contributed by atoms with Crippen LogP contribution in [-0.2, 0) is 4.74 Å². The van der Waals surface area contributed by atoms with E-state index in [1.165, 1.54) is 38.5 Å². The lowest BCUT2D eigenvalue weighted by molar-refractivity contribution is -0.0945. The van der Waals surface area contributed by atoms with Crippen molar-refractivity contribution in [1.29, 1.82) is 0 Å². The topological polar surface area (TPSA) is 45.7 Å². The predicted octanol–water partition coefficient (Wildman–Crippen LogP) is 3.55. The van der Waals surface area contributed by atoms with Crippen LogP contribution in [0.3, 0.4) is 0 Å². The van der Waals surface area contributed by atoms with Crippen LogP contribution < -0.4 is 10.6 Å². The summed E-state index contributed by atoms with van der Waals surface area (Å²) in [6, 6.07) is 0.598. The van der Waals surface area contributed by atoms with E-state index in [0.717, 1.165) is 38.2 Å². The molecule has 0 amide bonds. The third-order valence-corrected chi connectivity index (χ3v) is 4.75. The Labute approximate surface area is 153 Å². The van der Waals surface area contributed by atoms with Crippen molar-refractivity contribution in [3.05, 3.63) is 0 Å². The molecule has 0 unspecified atom stereocenters. The molecule has 2 fully saturated rings. The van der Waals surface area contributed by atoms with E-state index < -0.39 is 0 Å². The second-order valence-electron chi connectivity index (χ2n) is 7.15. The van der Waals surface area contributed by atoms with Crippen molar-refractivity contribution in [2.75, 3.05) is 26.3 Å². The summed E-state index contributed by atoms with van der Waals surface area (Å²) in [5.74, 6) is 1.95. The SMILES string of the molecule is CCCC1CCC(NC(=NCC2(C)COC2)NCC)CC1.I. The number of rotatable bonds is 6. The molecule has 22 heavy (non-hydrogen) atoms. The standard InChI is InChI=1S/C17H33N3O.HI/c1-4-6-14-7-9-15(10-8-14)20-16(18-5-2)19-11-17(3)12-21-13-17;/h14-15H,4-13H2,1-3H3,(H2,18,19,20);1H. The number of ether oxygens (including phenoxy) is 1. The van der Waals surface area contributed by atoms with Gasteiger partial charge in [-0.15, -0.1) is 24.0 Å². The number of aliphatic imine (C=N–C) groups is 1. The maximum Gasteiger partial charge on any atom is 0.191 e. The first-order valence-corrected chi connectivity index (χ1v) is 8.78. The maximum absolute atomic E-state index is 5.30. The molecular weight excluding hydrogens is 389 g/mol. The van der Waals surface area contributed by atoms with E-state index in [2.05, 4.69) is 31.4 Å². The Morgan fingerprint density at radius 3 is 2.36 bits per heavy atom. The molecule has 2 aliphatic rings. The first-order valence-electron chi connectivity index (χ1n) is 8.78. The Hall–Kier alpha value is -0.0400. The van der Waals surface area contributed by atoms with Crippen LogP contribution in [0.25, 0.3) is 0 Å². The fourth-order valence-corrected chi connectivity index (χ4v) is 3.33. The van der Waals surface area contributed by atoms with Crippen LogP contribution in [-0.4, -0.2) is 38.3 Å². The maximum atomic E-state index is 5.30. The highest BCUT2D eigenvalue weighted by molar-refractivity contribution is 14.0. The van der Waals surface area contributed by atoms with Crippen molar-refractivity contribution < 1.29 is 4.74 Å². The van der Waals surface area contributed by atoms with Crippen LogP contribution in [0.5, 0.6) is 0 Å². The Kier molecular flexibility index (Phi) is 9.05. The van der Waals surface area contributed by atoms with Crippen LogP contribution in [0, 0.1) is 11.3 Å². The van der Waals surface area contributed by atoms with E-state index in [1.807, 2.05) is 0 Å². The molecule has 1 aliphatic carbocycles. The van der Waals surface area contributed by atoms with Gasteiger partial charge in [0.05, 0.1) is 19.8 Å². The largest absolute Gasteiger partial charge is 0.380 e. The average molecular weight is 423 g/mol. The predicted molar refractivity (Wildman–Crippen MR) is 104 cm³/mol.